The van der Waals surface area contributed by atoms with Gasteiger partial charge in [0.25, 0.3) is 0 Å². The van der Waals surface area contributed by atoms with Crippen molar-refractivity contribution in [1.82, 2.24) is 15.0 Å². The summed E-state index contributed by atoms with van der Waals surface area (Å²) in [4.78, 5) is 12.6. The average molecular weight is 247 g/mol. The summed E-state index contributed by atoms with van der Waals surface area (Å²) >= 11 is 0. The van der Waals surface area contributed by atoms with E-state index in [1.54, 1.807) is 13.2 Å². The molecule has 6 heteroatoms. The van der Waals surface area contributed by atoms with Gasteiger partial charge in [-0.3, -0.25) is 0 Å². The number of aromatic nitrogens is 3. The number of methoxy groups -OCH3 is 1. The fourth-order valence-corrected chi connectivity index (χ4v) is 1.78. The highest BCUT2D eigenvalue weighted by atomic mass is 16.5. The largest absolute Gasteiger partial charge is 0.495 e. The summed E-state index contributed by atoms with van der Waals surface area (Å²) in [6, 6.07) is 1.79. The summed E-state index contributed by atoms with van der Waals surface area (Å²) < 4.78 is 5.36. The molecule has 2 heterocycles. The van der Waals surface area contributed by atoms with Crippen LogP contribution in [0.1, 0.15) is 26.5 Å². The summed E-state index contributed by atoms with van der Waals surface area (Å²) in [7, 11) is 1.60. The molecule has 0 fully saturated rings. The Kier molecular flexibility index (Phi) is 2.73. The lowest BCUT2D eigenvalue weighted by molar-refractivity contribution is 0.393. The predicted molar refractivity (Wildman–Crippen MR) is 71.4 cm³/mol. The number of nitrogens with two attached hydrogens (primary N) is 2. The zero-order chi connectivity index (χ0) is 13.5. The van der Waals surface area contributed by atoms with Gasteiger partial charge in [-0.05, 0) is 0 Å². The molecule has 0 atom stereocenters. The van der Waals surface area contributed by atoms with Crippen molar-refractivity contribution in [2.45, 2.75) is 26.2 Å². The van der Waals surface area contributed by atoms with Crippen molar-refractivity contribution in [3.8, 4) is 5.75 Å². The molecule has 6 nitrogen and oxygen atoms in total. The van der Waals surface area contributed by atoms with E-state index in [9.17, 15) is 0 Å². The highest BCUT2D eigenvalue weighted by Gasteiger charge is 2.22. The van der Waals surface area contributed by atoms with Crippen LogP contribution in [0.3, 0.4) is 0 Å². The molecule has 0 saturated carbocycles. The highest BCUT2D eigenvalue weighted by molar-refractivity contribution is 5.86. The van der Waals surface area contributed by atoms with E-state index < -0.39 is 0 Å². The van der Waals surface area contributed by atoms with Crippen molar-refractivity contribution < 1.29 is 4.74 Å². The van der Waals surface area contributed by atoms with Gasteiger partial charge in [0.2, 0.25) is 5.95 Å². The molecule has 4 N–H and O–H groups in total. The van der Waals surface area contributed by atoms with Crippen molar-refractivity contribution in [2.24, 2.45) is 0 Å². The van der Waals surface area contributed by atoms with Crippen LogP contribution in [0.5, 0.6) is 5.75 Å². The molecule has 2 aromatic rings. The van der Waals surface area contributed by atoms with Crippen LogP contribution in [0, 0.1) is 0 Å². The second-order valence-electron chi connectivity index (χ2n) is 5.12. The Morgan fingerprint density at radius 3 is 2.33 bits per heavy atom. The van der Waals surface area contributed by atoms with Gasteiger partial charge in [-0.15, -0.1) is 0 Å². The molecule has 0 amide bonds. The van der Waals surface area contributed by atoms with Crippen molar-refractivity contribution in [2.75, 3.05) is 18.6 Å². The average Bonchev–Trinajstić information content (AvgIpc) is 2.25. The first-order valence-corrected chi connectivity index (χ1v) is 5.61. The van der Waals surface area contributed by atoms with E-state index in [0.29, 0.717) is 16.8 Å². The number of hydrogen-bond acceptors (Lipinski definition) is 6. The normalized spacial score (nSPS) is 11.8. The Bertz CT molecular complexity index is 603. The van der Waals surface area contributed by atoms with E-state index in [-0.39, 0.29) is 17.2 Å². The molecular weight excluding hydrogens is 230 g/mol. The van der Waals surface area contributed by atoms with Crippen LogP contribution < -0.4 is 16.2 Å². The molecular formula is C12H17N5O. The van der Waals surface area contributed by atoms with E-state index in [1.807, 2.05) is 0 Å². The first-order valence-electron chi connectivity index (χ1n) is 5.61. The van der Waals surface area contributed by atoms with E-state index >= 15 is 0 Å². The second kappa shape index (κ2) is 3.97. The van der Waals surface area contributed by atoms with Gasteiger partial charge in [0.05, 0.1) is 12.8 Å². The van der Waals surface area contributed by atoms with Crippen LogP contribution in [-0.2, 0) is 5.41 Å². The van der Waals surface area contributed by atoms with Crippen LogP contribution in [0.15, 0.2) is 6.07 Å². The van der Waals surface area contributed by atoms with Crippen molar-refractivity contribution in [3.05, 3.63) is 11.8 Å². The summed E-state index contributed by atoms with van der Waals surface area (Å²) in [5, 5.41) is 0. The molecule has 18 heavy (non-hydrogen) atoms. The number of fused-ring (bicyclic) bond motifs is 1. The standard InChI is InChI=1S/C12H17N5O/c1-12(2,3)9-7(18-4)5-6-8(16-9)10(13)17-11(14)15-6/h5H,1-4H3,(H4,13,14,15,17). The molecule has 0 unspecified atom stereocenters. The second-order valence-corrected chi connectivity index (χ2v) is 5.12. The minimum atomic E-state index is -0.159. The van der Waals surface area contributed by atoms with Gasteiger partial charge in [0, 0.05) is 11.5 Å². The van der Waals surface area contributed by atoms with Crippen LogP contribution >= 0.6 is 0 Å². The maximum atomic E-state index is 5.83. The Hall–Kier alpha value is -2.11. The number of nitrogen functional groups attached to an aromatic ring is 2. The third-order valence-electron chi connectivity index (χ3n) is 2.61. The third kappa shape index (κ3) is 2.01. The van der Waals surface area contributed by atoms with Crippen LogP contribution in [0.2, 0.25) is 0 Å². The maximum Gasteiger partial charge on any atom is 0.222 e. The highest BCUT2D eigenvalue weighted by Crippen LogP contribution is 2.32. The number of pyridine rings is 1. The predicted octanol–water partition coefficient (Wildman–Crippen LogP) is 1.50. The third-order valence-corrected chi connectivity index (χ3v) is 2.61. The molecule has 0 saturated heterocycles. The van der Waals surface area contributed by atoms with E-state index in [0.717, 1.165) is 5.69 Å². The first-order chi connectivity index (χ1) is 8.32. The summed E-state index contributed by atoms with van der Waals surface area (Å²) in [6.07, 6.45) is 0. The van der Waals surface area contributed by atoms with Crippen LogP contribution in [0.25, 0.3) is 11.0 Å². The molecule has 0 aliphatic carbocycles. The smallest absolute Gasteiger partial charge is 0.222 e. The fourth-order valence-electron chi connectivity index (χ4n) is 1.78. The molecule has 2 aromatic heterocycles. The summed E-state index contributed by atoms with van der Waals surface area (Å²) in [5.74, 6) is 1.09. The minimum Gasteiger partial charge on any atom is -0.495 e. The van der Waals surface area contributed by atoms with Gasteiger partial charge in [0.1, 0.15) is 16.8 Å². The van der Waals surface area contributed by atoms with Crippen LogP contribution in [-0.4, -0.2) is 22.1 Å². The van der Waals surface area contributed by atoms with Gasteiger partial charge in [-0.1, -0.05) is 20.8 Å². The van der Waals surface area contributed by atoms with Gasteiger partial charge in [-0.2, -0.15) is 4.98 Å². The number of anilines is 2. The van der Waals surface area contributed by atoms with Gasteiger partial charge in [0.15, 0.2) is 5.82 Å². The zero-order valence-electron chi connectivity index (χ0n) is 11.0. The van der Waals surface area contributed by atoms with Gasteiger partial charge in [-0.25, -0.2) is 9.97 Å². The molecule has 2 rings (SSSR count). The summed E-state index contributed by atoms with van der Waals surface area (Å²) in [6.45, 7) is 6.16. The molecule has 0 bridgehead atoms. The lowest BCUT2D eigenvalue weighted by Crippen LogP contribution is -2.16. The summed E-state index contributed by atoms with van der Waals surface area (Å²) in [5.41, 5.74) is 13.2. The van der Waals surface area contributed by atoms with Gasteiger partial charge >= 0.3 is 0 Å². The minimum absolute atomic E-state index is 0.132. The quantitative estimate of drug-likeness (QED) is 0.792. The van der Waals surface area contributed by atoms with E-state index in [4.69, 9.17) is 16.2 Å². The maximum absolute atomic E-state index is 5.83. The van der Waals surface area contributed by atoms with E-state index in [2.05, 4.69) is 35.7 Å². The molecule has 0 radical (unpaired) electrons. The van der Waals surface area contributed by atoms with Crippen molar-refractivity contribution in [1.29, 1.82) is 0 Å². The molecule has 0 aromatic carbocycles. The van der Waals surface area contributed by atoms with E-state index in [1.165, 1.54) is 0 Å². The fraction of sp³-hybridized carbons (Fsp3) is 0.417. The number of hydrogen-bond donors (Lipinski definition) is 2. The number of nitrogens with zero attached hydrogens (tertiary/aromatic N) is 3. The SMILES string of the molecule is COc1cc2nc(N)nc(N)c2nc1C(C)(C)C. The molecule has 0 aliphatic rings. The van der Waals surface area contributed by atoms with Gasteiger partial charge < -0.3 is 16.2 Å². The lowest BCUT2D eigenvalue weighted by Gasteiger charge is -2.21. The lowest BCUT2D eigenvalue weighted by atomic mass is 9.90. The topological polar surface area (TPSA) is 99.9 Å². The van der Waals surface area contributed by atoms with Crippen LogP contribution in [0.4, 0.5) is 11.8 Å². The molecule has 0 aliphatic heterocycles. The molecule has 96 valence electrons. The Balaban J connectivity index is 2.82. The Morgan fingerprint density at radius 1 is 1.11 bits per heavy atom. The number of rotatable bonds is 1. The van der Waals surface area contributed by atoms with Crippen molar-refractivity contribution >= 4 is 22.8 Å². The number of ether oxygens (including phenoxy) is 1. The Morgan fingerprint density at radius 2 is 1.78 bits per heavy atom. The molecule has 0 spiro atoms. The Labute approximate surface area is 105 Å². The monoisotopic (exact) mass is 247 g/mol. The first kappa shape index (κ1) is 12.3. The zero-order valence-corrected chi connectivity index (χ0v) is 11.0. The van der Waals surface area contributed by atoms with Crippen molar-refractivity contribution in [3.63, 3.8) is 0 Å².